The Balaban J connectivity index is 0.00000420. The topological polar surface area (TPSA) is 43.3 Å². The molecule has 2 rings (SSSR count). The van der Waals surface area contributed by atoms with Gasteiger partial charge in [-0.05, 0) is 45.6 Å². The van der Waals surface area contributed by atoms with Crippen LogP contribution in [0.3, 0.4) is 0 Å². The second kappa shape index (κ2) is 14.7. The van der Waals surface area contributed by atoms with Crippen molar-refractivity contribution in [3.05, 3.63) is 24.3 Å². The zero-order chi connectivity index (χ0) is 20.2. The standard InChI is InChI=1S/C22H39N5O.HI/c1-23-22(24-14-10-6-5-7-11-15-25(2)3)27-18-16-26(17-19-27)20-12-8-9-13-21(20)28-4;/h8-9,12-13H,5-7,10-11,14-19H2,1-4H3,(H,23,24);1H. The number of guanidine groups is 1. The fraction of sp³-hybridized carbons (Fsp3) is 0.682. The van der Waals surface area contributed by atoms with Crippen LogP contribution < -0.4 is 15.0 Å². The summed E-state index contributed by atoms with van der Waals surface area (Å²) in [7, 11) is 7.91. The Morgan fingerprint density at radius 2 is 1.69 bits per heavy atom. The van der Waals surface area contributed by atoms with E-state index in [9.17, 15) is 0 Å². The van der Waals surface area contributed by atoms with E-state index in [4.69, 9.17) is 4.74 Å². The predicted octanol–water partition coefficient (Wildman–Crippen LogP) is 3.52. The molecule has 0 saturated carbocycles. The molecule has 1 aromatic carbocycles. The van der Waals surface area contributed by atoms with Gasteiger partial charge in [0.1, 0.15) is 5.75 Å². The van der Waals surface area contributed by atoms with Crippen LogP contribution in [0.4, 0.5) is 5.69 Å². The average Bonchev–Trinajstić information content (AvgIpc) is 2.72. The minimum absolute atomic E-state index is 0. The van der Waals surface area contributed by atoms with Crippen LogP contribution >= 0.6 is 24.0 Å². The summed E-state index contributed by atoms with van der Waals surface area (Å²) in [6, 6.07) is 8.26. The highest BCUT2D eigenvalue weighted by Gasteiger charge is 2.21. The quantitative estimate of drug-likeness (QED) is 0.223. The Hall–Kier alpha value is -1.22. The molecule has 1 saturated heterocycles. The summed E-state index contributed by atoms with van der Waals surface area (Å²) in [5.41, 5.74) is 1.18. The zero-order valence-electron chi connectivity index (χ0n) is 18.7. The molecule has 0 atom stereocenters. The van der Waals surface area contributed by atoms with Crippen LogP contribution in [0.1, 0.15) is 32.1 Å². The van der Waals surface area contributed by atoms with Gasteiger partial charge in [-0.1, -0.05) is 31.4 Å². The van der Waals surface area contributed by atoms with Crippen LogP contribution in [-0.2, 0) is 0 Å². The largest absolute Gasteiger partial charge is 0.495 e. The number of methoxy groups -OCH3 is 1. The van der Waals surface area contributed by atoms with Gasteiger partial charge in [-0.15, -0.1) is 24.0 Å². The summed E-state index contributed by atoms with van der Waals surface area (Å²) in [4.78, 5) is 11.5. The molecule has 1 aliphatic heterocycles. The molecular formula is C22H40IN5O. The fourth-order valence-electron chi connectivity index (χ4n) is 3.67. The molecule has 6 nitrogen and oxygen atoms in total. The van der Waals surface area contributed by atoms with E-state index in [-0.39, 0.29) is 24.0 Å². The van der Waals surface area contributed by atoms with Crippen LogP contribution in [0, 0.1) is 0 Å². The number of ether oxygens (including phenoxy) is 1. The van der Waals surface area contributed by atoms with E-state index in [1.165, 1.54) is 44.3 Å². The van der Waals surface area contributed by atoms with Crippen LogP contribution in [0.2, 0.25) is 0 Å². The van der Waals surface area contributed by atoms with Gasteiger partial charge in [0.2, 0.25) is 0 Å². The van der Waals surface area contributed by atoms with Crippen molar-refractivity contribution in [2.24, 2.45) is 4.99 Å². The van der Waals surface area contributed by atoms with Crippen molar-refractivity contribution in [1.29, 1.82) is 0 Å². The minimum atomic E-state index is 0. The maximum Gasteiger partial charge on any atom is 0.193 e. The zero-order valence-corrected chi connectivity index (χ0v) is 21.0. The number of piperazine rings is 1. The number of para-hydroxylation sites is 2. The Bertz CT molecular complexity index is 588. The lowest BCUT2D eigenvalue weighted by molar-refractivity contribution is 0.366. The van der Waals surface area contributed by atoms with E-state index in [1.54, 1.807) is 7.11 Å². The van der Waals surface area contributed by atoms with Gasteiger partial charge in [0.25, 0.3) is 0 Å². The fourth-order valence-corrected chi connectivity index (χ4v) is 3.67. The molecule has 0 aliphatic carbocycles. The molecule has 0 spiro atoms. The molecular weight excluding hydrogens is 477 g/mol. The molecule has 0 radical (unpaired) electrons. The Morgan fingerprint density at radius 3 is 2.34 bits per heavy atom. The molecule has 166 valence electrons. The summed E-state index contributed by atoms with van der Waals surface area (Å²) < 4.78 is 5.51. The monoisotopic (exact) mass is 517 g/mol. The number of hydrogen-bond donors (Lipinski definition) is 1. The molecule has 7 heteroatoms. The molecule has 1 aromatic rings. The van der Waals surface area contributed by atoms with Crippen LogP contribution in [0.15, 0.2) is 29.3 Å². The third-order valence-corrected chi connectivity index (χ3v) is 5.28. The molecule has 29 heavy (non-hydrogen) atoms. The molecule has 0 aromatic heterocycles. The summed E-state index contributed by atoms with van der Waals surface area (Å²) in [5, 5.41) is 3.55. The van der Waals surface area contributed by atoms with E-state index < -0.39 is 0 Å². The highest BCUT2D eigenvalue weighted by atomic mass is 127. The van der Waals surface area contributed by atoms with Crippen molar-refractivity contribution >= 4 is 35.6 Å². The van der Waals surface area contributed by atoms with Gasteiger partial charge in [0, 0.05) is 39.8 Å². The number of hydrogen-bond acceptors (Lipinski definition) is 4. The molecule has 1 fully saturated rings. The van der Waals surface area contributed by atoms with Gasteiger partial charge >= 0.3 is 0 Å². The number of anilines is 1. The van der Waals surface area contributed by atoms with Crippen molar-refractivity contribution in [1.82, 2.24) is 15.1 Å². The second-order valence-electron chi connectivity index (χ2n) is 7.69. The van der Waals surface area contributed by atoms with Crippen molar-refractivity contribution in [3.63, 3.8) is 0 Å². The molecule has 0 bridgehead atoms. The Morgan fingerprint density at radius 1 is 1.03 bits per heavy atom. The summed E-state index contributed by atoms with van der Waals surface area (Å²) in [6.45, 7) is 6.11. The first kappa shape index (κ1) is 25.8. The third kappa shape index (κ3) is 8.99. The van der Waals surface area contributed by atoms with Gasteiger partial charge in [-0.25, -0.2) is 0 Å². The number of rotatable bonds is 10. The van der Waals surface area contributed by atoms with Gasteiger partial charge in [0.05, 0.1) is 12.8 Å². The van der Waals surface area contributed by atoms with Gasteiger partial charge in [-0.2, -0.15) is 0 Å². The van der Waals surface area contributed by atoms with E-state index in [1.807, 2.05) is 19.2 Å². The van der Waals surface area contributed by atoms with Crippen molar-refractivity contribution in [2.45, 2.75) is 32.1 Å². The van der Waals surface area contributed by atoms with Gasteiger partial charge in [-0.3, -0.25) is 4.99 Å². The number of unbranched alkanes of at least 4 members (excludes halogenated alkanes) is 4. The first-order valence-corrected chi connectivity index (χ1v) is 10.6. The predicted molar refractivity (Wildman–Crippen MR) is 135 cm³/mol. The van der Waals surface area contributed by atoms with E-state index in [2.05, 4.69) is 51.2 Å². The smallest absolute Gasteiger partial charge is 0.193 e. The van der Waals surface area contributed by atoms with E-state index in [0.29, 0.717) is 0 Å². The number of nitrogens with zero attached hydrogens (tertiary/aromatic N) is 4. The molecule has 0 unspecified atom stereocenters. The first-order chi connectivity index (χ1) is 13.7. The van der Waals surface area contributed by atoms with Crippen molar-refractivity contribution in [3.8, 4) is 5.75 Å². The first-order valence-electron chi connectivity index (χ1n) is 10.6. The number of aliphatic imine (C=N–C) groups is 1. The Kier molecular flexibility index (Phi) is 13.1. The number of nitrogens with one attached hydrogen (secondary N) is 1. The second-order valence-corrected chi connectivity index (χ2v) is 7.69. The van der Waals surface area contributed by atoms with Crippen LogP contribution in [0.5, 0.6) is 5.75 Å². The lowest BCUT2D eigenvalue weighted by Gasteiger charge is -2.38. The van der Waals surface area contributed by atoms with Gasteiger partial charge in [0.15, 0.2) is 5.96 Å². The summed E-state index contributed by atoms with van der Waals surface area (Å²) >= 11 is 0. The lowest BCUT2D eigenvalue weighted by atomic mass is 10.1. The summed E-state index contributed by atoms with van der Waals surface area (Å²) in [5.74, 6) is 1.98. The number of halogens is 1. The SMILES string of the molecule is CN=C(NCCCCCCCN(C)C)N1CCN(c2ccccc2OC)CC1.I. The maximum absolute atomic E-state index is 5.51. The Labute approximate surface area is 194 Å². The molecule has 1 aliphatic rings. The lowest BCUT2D eigenvalue weighted by Crippen LogP contribution is -2.52. The third-order valence-electron chi connectivity index (χ3n) is 5.28. The van der Waals surface area contributed by atoms with E-state index in [0.717, 1.165) is 44.4 Å². The average molecular weight is 518 g/mol. The molecule has 1 heterocycles. The normalized spacial score (nSPS) is 14.7. The molecule has 1 N–H and O–H groups in total. The minimum Gasteiger partial charge on any atom is -0.495 e. The van der Waals surface area contributed by atoms with E-state index >= 15 is 0 Å². The number of benzene rings is 1. The highest BCUT2D eigenvalue weighted by molar-refractivity contribution is 14.0. The highest BCUT2D eigenvalue weighted by Crippen LogP contribution is 2.28. The van der Waals surface area contributed by atoms with Crippen molar-refractivity contribution in [2.75, 3.05) is 72.4 Å². The molecule has 0 amide bonds. The maximum atomic E-state index is 5.51. The van der Waals surface area contributed by atoms with Crippen LogP contribution in [-0.4, -0.2) is 83.3 Å². The van der Waals surface area contributed by atoms with Gasteiger partial charge < -0.3 is 24.8 Å². The summed E-state index contributed by atoms with van der Waals surface area (Å²) in [6.07, 6.45) is 6.46. The van der Waals surface area contributed by atoms with Crippen molar-refractivity contribution < 1.29 is 4.74 Å². The van der Waals surface area contributed by atoms with Crippen LogP contribution in [0.25, 0.3) is 0 Å².